The Hall–Kier alpha value is -3.69. The van der Waals surface area contributed by atoms with Gasteiger partial charge in [-0.15, -0.1) is 6.42 Å². The molecule has 0 aliphatic rings. The first-order valence-corrected chi connectivity index (χ1v) is 8.69. The second kappa shape index (κ2) is 8.61. The lowest BCUT2D eigenvalue weighted by molar-refractivity contribution is 0.299. The van der Waals surface area contributed by atoms with Gasteiger partial charge in [0.25, 0.3) is 0 Å². The molecule has 3 rings (SSSR count). The molecule has 3 aromatic rings. The fourth-order valence-corrected chi connectivity index (χ4v) is 2.83. The summed E-state index contributed by atoms with van der Waals surface area (Å²) in [6.45, 7) is 2.59. The minimum absolute atomic E-state index is 0.176. The first-order valence-electron chi connectivity index (χ1n) is 8.69. The van der Waals surface area contributed by atoms with E-state index in [1.807, 2.05) is 67.6 Å². The van der Waals surface area contributed by atoms with Crippen molar-refractivity contribution in [3.05, 3.63) is 71.8 Å². The largest absolute Gasteiger partial charge is 0.490 e. The number of fused-ring (bicyclic) bond motifs is 1. The van der Waals surface area contributed by atoms with E-state index in [0.717, 1.165) is 21.9 Å². The minimum atomic E-state index is 0.176. The van der Waals surface area contributed by atoms with Gasteiger partial charge >= 0.3 is 0 Å². The van der Waals surface area contributed by atoms with Crippen molar-refractivity contribution in [3.8, 4) is 29.9 Å². The molecule has 0 fully saturated rings. The predicted molar refractivity (Wildman–Crippen MR) is 109 cm³/mol. The van der Waals surface area contributed by atoms with Crippen LogP contribution in [0.2, 0.25) is 0 Å². The Bertz CT molecular complexity index is 1070. The van der Waals surface area contributed by atoms with Crippen LogP contribution in [0.3, 0.4) is 0 Å². The van der Waals surface area contributed by atoms with Crippen molar-refractivity contribution in [3.63, 3.8) is 0 Å². The lowest BCUT2D eigenvalue weighted by Gasteiger charge is -2.11. The first kappa shape index (κ1) is 18.1. The number of terminal acetylenes is 1. The van der Waals surface area contributed by atoms with E-state index in [1.165, 1.54) is 0 Å². The summed E-state index contributed by atoms with van der Waals surface area (Å²) in [5, 5.41) is 11.9. The zero-order valence-corrected chi connectivity index (χ0v) is 15.1. The standard InChI is InChI=1S/C24H19NO2/c1-3-13-27-23-12-9-18(15-24(23)26-4-2)14-22(17-25)21-11-10-19-7-5-6-8-20(19)16-21/h1,5-12,14-16H,4,13H2,2H3/b22-14-. The number of benzene rings is 3. The van der Waals surface area contributed by atoms with Gasteiger partial charge in [0.2, 0.25) is 0 Å². The van der Waals surface area contributed by atoms with Crippen LogP contribution in [0.4, 0.5) is 0 Å². The molecule has 0 unspecified atom stereocenters. The fourth-order valence-electron chi connectivity index (χ4n) is 2.83. The number of rotatable bonds is 6. The van der Waals surface area contributed by atoms with Gasteiger partial charge in [-0.2, -0.15) is 5.26 Å². The van der Waals surface area contributed by atoms with Crippen LogP contribution in [0.5, 0.6) is 11.5 Å². The van der Waals surface area contributed by atoms with E-state index >= 15 is 0 Å². The highest BCUT2D eigenvalue weighted by molar-refractivity contribution is 5.94. The van der Waals surface area contributed by atoms with E-state index in [0.29, 0.717) is 23.7 Å². The van der Waals surface area contributed by atoms with Crippen LogP contribution in [0.25, 0.3) is 22.4 Å². The quantitative estimate of drug-likeness (QED) is 0.342. The molecule has 0 amide bonds. The second-order valence-corrected chi connectivity index (χ2v) is 5.86. The Morgan fingerprint density at radius 3 is 2.56 bits per heavy atom. The Morgan fingerprint density at radius 2 is 1.81 bits per heavy atom. The molecule has 0 spiro atoms. The molecule has 0 N–H and O–H groups in total. The van der Waals surface area contributed by atoms with Gasteiger partial charge < -0.3 is 9.47 Å². The predicted octanol–water partition coefficient (Wildman–Crippen LogP) is 5.31. The van der Waals surface area contributed by atoms with Crippen LogP contribution >= 0.6 is 0 Å². The van der Waals surface area contributed by atoms with Gasteiger partial charge in [0.05, 0.1) is 18.2 Å². The third-order valence-corrected chi connectivity index (χ3v) is 4.07. The maximum Gasteiger partial charge on any atom is 0.162 e. The third kappa shape index (κ3) is 4.29. The van der Waals surface area contributed by atoms with Crippen LogP contribution in [0.15, 0.2) is 60.7 Å². The van der Waals surface area contributed by atoms with Gasteiger partial charge in [-0.1, -0.05) is 48.4 Å². The molecular formula is C24H19NO2. The van der Waals surface area contributed by atoms with Crippen LogP contribution in [-0.2, 0) is 0 Å². The average Bonchev–Trinajstić information content (AvgIpc) is 2.71. The van der Waals surface area contributed by atoms with Crippen molar-refractivity contribution in [1.82, 2.24) is 0 Å². The average molecular weight is 353 g/mol. The van der Waals surface area contributed by atoms with Crippen molar-refractivity contribution >= 4 is 22.4 Å². The summed E-state index contributed by atoms with van der Waals surface area (Å²) in [6, 6.07) is 21.9. The van der Waals surface area contributed by atoms with E-state index in [9.17, 15) is 5.26 Å². The molecule has 0 atom stereocenters. The Balaban J connectivity index is 1.98. The molecule has 3 heteroatoms. The van der Waals surface area contributed by atoms with Crippen molar-refractivity contribution in [2.24, 2.45) is 0 Å². The zero-order chi connectivity index (χ0) is 19.1. The first-order chi connectivity index (χ1) is 13.2. The summed E-state index contributed by atoms with van der Waals surface area (Å²) in [5.74, 6) is 3.65. The van der Waals surface area contributed by atoms with Gasteiger partial charge in [-0.25, -0.2) is 0 Å². The summed E-state index contributed by atoms with van der Waals surface area (Å²) in [6.07, 6.45) is 7.10. The van der Waals surface area contributed by atoms with Crippen molar-refractivity contribution in [2.75, 3.05) is 13.2 Å². The summed E-state index contributed by atoms with van der Waals surface area (Å²) in [4.78, 5) is 0. The van der Waals surface area contributed by atoms with E-state index in [-0.39, 0.29) is 6.61 Å². The van der Waals surface area contributed by atoms with E-state index in [4.69, 9.17) is 15.9 Å². The molecule has 0 aliphatic carbocycles. The lowest BCUT2D eigenvalue weighted by atomic mass is 10.00. The maximum absolute atomic E-state index is 9.66. The highest BCUT2D eigenvalue weighted by Crippen LogP contribution is 2.30. The van der Waals surface area contributed by atoms with Crippen molar-refractivity contribution < 1.29 is 9.47 Å². The smallest absolute Gasteiger partial charge is 0.162 e. The molecule has 0 saturated heterocycles. The summed E-state index contributed by atoms with van der Waals surface area (Å²) < 4.78 is 11.2. The van der Waals surface area contributed by atoms with Crippen molar-refractivity contribution in [2.45, 2.75) is 6.92 Å². The second-order valence-electron chi connectivity index (χ2n) is 5.86. The Kier molecular flexibility index (Phi) is 5.77. The van der Waals surface area contributed by atoms with E-state index in [2.05, 4.69) is 18.1 Å². The minimum Gasteiger partial charge on any atom is -0.490 e. The SMILES string of the molecule is C#CCOc1ccc(/C=C(/C#N)c2ccc3ccccc3c2)cc1OCC. The molecule has 3 aromatic carbocycles. The summed E-state index contributed by atoms with van der Waals surface area (Å²) in [5.41, 5.74) is 2.32. The zero-order valence-electron chi connectivity index (χ0n) is 15.1. The third-order valence-electron chi connectivity index (χ3n) is 4.07. The Labute approximate surface area is 159 Å². The number of hydrogen-bond donors (Lipinski definition) is 0. The lowest BCUT2D eigenvalue weighted by Crippen LogP contribution is -1.99. The normalized spacial score (nSPS) is 10.9. The number of ether oxygens (including phenoxy) is 2. The van der Waals surface area contributed by atoms with Gasteiger partial charge in [0, 0.05) is 0 Å². The van der Waals surface area contributed by atoms with Crippen LogP contribution in [0, 0.1) is 23.7 Å². The molecule has 0 saturated carbocycles. The molecular weight excluding hydrogens is 334 g/mol. The molecule has 3 nitrogen and oxygen atoms in total. The number of nitrogens with zero attached hydrogens (tertiary/aromatic N) is 1. The van der Waals surface area contributed by atoms with E-state index < -0.39 is 0 Å². The molecule has 132 valence electrons. The number of allylic oxidation sites excluding steroid dienone is 1. The van der Waals surface area contributed by atoms with E-state index in [1.54, 1.807) is 0 Å². The monoisotopic (exact) mass is 353 g/mol. The van der Waals surface area contributed by atoms with Crippen molar-refractivity contribution in [1.29, 1.82) is 5.26 Å². The molecule has 27 heavy (non-hydrogen) atoms. The van der Waals surface area contributed by atoms with Gasteiger partial charge in [0.1, 0.15) is 6.61 Å². The highest BCUT2D eigenvalue weighted by Gasteiger charge is 2.08. The van der Waals surface area contributed by atoms with Crippen LogP contribution in [0.1, 0.15) is 18.1 Å². The van der Waals surface area contributed by atoms with Crippen LogP contribution < -0.4 is 9.47 Å². The van der Waals surface area contributed by atoms with Gasteiger partial charge in [0.15, 0.2) is 11.5 Å². The molecule has 0 radical (unpaired) electrons. The molecule has 0 aliphatic heterocycles. The molecule has 0 bridgehead atoms. The van der Waals surface area contributed by atoms with Gasteiger partial charge in [-0.3, -0.25) is 0 Å². The Morgan fingerprint density at radius 1 is 1.00 bits per heavy atom. The van der Waals surface area contributed by atoms with Gasteiger partial charge in [-0.05, 0) is 53.1 Å². The van der Waals surface area contributed by atoms with Crippen LogP contribution in [-0.4, -0.2) is 13.2 Å². The summed E-state index contributed by atoms with van der Waals surface area (Å²) in [7, 11) is 0. The fraction of sp³-hybridized carbons (Fsp3) is 0.125. The maximum atomic E-state index is 9.66. The highest BCUT2D eigenvalue weighted by atomic mass is 16.5. The molecule has 0 heterocycles. The number of nitriles is 1. The topological polar surface area (TPSA) is 42.2 Å². The summed E-state index contributed by atoms with van der Waals surface area (Å²) >= 11 is 0. The molecule has 0 aromatic heterocycles. The number of hydrogen-bond acceptors (Lipinski definition) is 3.